The van der Waals surface area contributed by atoms with Gasteiger partial charge in [-0.05, 0) is 6.07 Å². The molecule has 1 aromatic heterocycles. The maximum Gasteiger partial charge on any atom is 0.239 e. The summed E-state index contributed by atoms with van der Waals surface area (Å²) in [5, 5.41) is 4.04. The predicted octanol–water partition coefficient (Wildman–Crippen LogP) is 0.934. The van der Waals surface area contributed by atoms with E-state index in [0.717, 1.165) is 5.56 Å². The van der Waals surface area contributed by atoms with Crippen molar-refractivity contribution in [1.82, 2.24) is 14.8 Å². The Kier molecular flexibility index (Phi) is 3.74. The summed E-state index contributed by atoms with van der Waals surface area (Å²) in [4.78, 5) is 3.88. The first-order valence-corrected chi connectivity index (χ1v) is 5.61. The number of rotatable bonds is 5. The summed E-state index contributed by atoms with van der Waals surface area (Å²) < 4.78 is 17.5. The van der Waals surface area contributed by atoms with Crippen LogP contribution in [0.15, 0.2) is 18.5 Å². The second-order valence-corrected chi connectivity index (χ2v) is 3.82. The molecule has 0 bridgehead atoms. The molecule has 1 aromatic carbocycles. The fourth-order valence-corrected chi connectivity index (χ4v) is 1.78. The molecular weight excluding hydrogens is 248 g/mol. The van der Waals surface area contributed by atoms with E-state index in [0.29, 0.717) is 23.8 Å². The summed E-state index contributed by atoms with van der Waals surface area (Å²) >= 11 is 0. The third-order valence-electron chi connectivity index (χ3n) is 2.67. The average molecular weight is 264 g/mol. The largest absolute Gasteiger partial charge is 0.496 e. The molecular formula is C12H16N4O3. The highest BCUT2D eigenvalue weighted by atomic mass is 16.5. The zero-order valence-electron chi connectivity index (χ0n) is 11.1. The quantitative estimate of drug-likeness (QED) is 0.865. The Balaban J connectivity index is 2.37. The molecule has 0 atom stereocenters. The molecule has 0 radical (unpaired) electrons. The van der Waals surface area contributed by atoms with Crippen molar-refractivity contribution >= 4 is 5.95 Å². The number of methoxy groups -OCH3 is 3. The Labute approximate surface area is 110 Å². The van der Waals surface area contributed by atoms with Crippen molar-refractivity contribution in [3.8, 4) is 17.2 Å². The maximum absolute atomic E-state index is 5.49. The van der Waals surface area contributed by atoms with Gasteiger partial charge in [-0.2, -0.15) is 0 Å². The molecule has 19 heavy (non-hydrogen) atoms. The second kappa shape index (κ2) is 5.47. The van der Waals surface area contributed by atoms with Crippen LogP contribution in [0, 0.1) is 0 Å². The Morgan fingerprint density at radius 1 is 1.05 bits per heavy atom. The molecule has 0 saturated heterocycles. The number of benzene rings is 1. The fourth-order valence-electron chi connectivity index (χ4n) is 1.78. The lowest BCUT2D eigenvalue weighted by Crippen LogP contribution is -2.04. The molecule has 2 rings (SSSR count). The van der Waals surface area contributed by atoms with E-state index in [1.54, 1.807) is 38.4 Å². The second-order valence-electron chi connectivity index (χ2n) is 3.82. The SMILES string of the molecule is COc1cc(OC)c(OC)cc1Cn1cnc(N)n1. The van der Waals surface area contributed by atoms with E-state index in [-0.39, 0.29) is 5.95 Å². The summed E-state index contributed by atoms with van der Waals surface area (Å²) in [5.74, 6) is 2.17. The van der Waals surface area contributed by atoms with Gasteiger partial charge in [-0.25, -0.2) is 9.67 Å². The van der Waals surface area contributed by atoms with Gasteiger partial charge < -0.3 is 19.9 Å². The summed E-state index contributed by atoms with van der Waals surface area (Å²) in [6.07, 6.45) is 1.56. The topological polar surface area (TPSA) is 84.4 Å². The molecule has 2 aromatic rings. The highest BCUT2D eigenvalue weighted by Gasteiger charge is 2.12. The summed E-state index contributed by atoms with van der Waals surface area (Å²) in [6, 6.07) is 3.62. The molecule has 0 spiro atoms. The summed E-state index contributed by atoms with van der Waals surface area (Å²) in [7, 11) is 4.76. The van der Waals surface area contributed by atoms with Crippen molar-refractivity contribution in [3.63, 3.8) is 0 Å². The minimum Gasteiger partial charge on any atom is -0.496 e. The van der Waals surface area contributed by atoms with Gasteiger partial charge in [-0.1, -0.05) is 0 Å². The zero-order chi connectivity index (χ0) is 13.8. The maximum atomic E-state index is 5.49. The normalized spacial score (nSPS) is 10.3. The van der Waals surface area contributed by atoms with Crippen LogP contribution in [0.4, 0.5) is 5.95 Å². The monoisotopic (exact) mass is 264 g/mol. The van der Waals surface area contributed by atoms with E-state index in [4.69, 9.17) is 19.9 Å². The molecule has 0 unspecified atom stereocenters. The van der Waals surface area contributed by atoms with E-state index >= 15 is 0 Å². The molecule has 2 N–H and O–H groups in total. The van der Waals surface area contributed by atoms with E-state index < -0.39 is 0 Å². The molecule has 0 aliphatic carbocycles. The number of ether oxygens (including phenoxy) is 3. The van der Waals surface area contributed by atoms with Crippen LogP contribution >= 0.6 is 0 Å². The molecule has 0 amide bonds. The first-order chi connectivity index (χ1) is 9.17. The van der Waals surface area contributed by atoms with Crippen molar-refractivity contribution in [3.05, 3.63) is 24.0 Å². The third-order valence-corrected chi connectivity index (χ3v) is 2.67. The molecule has 7 nitrogen and oxygen atoms in total. The van der Waals surface area contributed by atoms with Crippen LogP contribution in [0.3, 0.4) is 0 Å². The number of nitrogens with two attached hydrogens (primary N) is 1. The lowest BCUT2D eigenvalue weighted by molar-refractivity contribution is 0.347. The molecule has 0 fully saturated rings. The number of nitrogen functional groups attached to an aromatic ring is 1. The Hall–Kier alpha value is -2.44. The van der Waals surface area contributed by atoms with Gasteiger partial charge in [0.25, 0.3) is 0 Å². The Morgan fingerprint density at radius 2 is 1.68 bits per heavy atom. The van der Waals surface area contributed by atoms with Gasteiger partial charge in [0.15, 0.2) is 11.5 Å². The fraction of sp³-hybridized carbons (Fsp3) is 0.333. The van der Waals surface area contributed by atoms with Crippen LogP contribution < -0.4 is 19.9 Å². The van der Waals surface area contributed by atoms with E-state index in [1.165, 1.54) is 0 Å². The first kappa shape index (κ1) is 13.0. The van der Waals surface area contributed by atoms with Crippen LogP contribution in [0.1, 0.15) is 5.56 Å². The first-order valence-electron chi connectivity index (χ1n) is 5.61. The molecule has 102 valence electrons. The Bertz CT molecular complexity index is 568. The van der Waals surface area contributed by atoms with Crippen LogP contribution in [0.2, 0.25) is 0 Å². The van der Waals surface area contributed by atoms with Gasteiger partial charge in [-0.15, -0.1) is 5.10 Å². The summed E-state index contributed by atoms with van der Waals surface area (Å²) in [5.41, 5.74) is 6.38. The van der Waals surface area contributed by atoms with Gasteiger partial charge in [0.05, 0.1) is 27.9 Å². The van der Waals surface area contributed by atoms with Crippen LogP contribution in [-0.2, 0) is 6.54 Å². The zero-order valence-corrected chi connectivity index (χ0v) is 11.1. The molecule has 7 heteroatoms. The van der Waals surface area contributed by atoms with Gasteiger partial charge >= 0.3 is 0 Å². The number of hydrogen-bond donors (Lipinski definition) is 1. The number of hydrogen-bond acceptors (Lipinski definition) is 6. The molecule has 0 aliphatic rings. The highest BCUT2D eigenvalue weighted by Crippen LogP contribution is 2.34. The van der Waals surface area contributed by atoms with Crippen LogP contribution in [-0.4, -0.2) is 36.1 Å². The van der Waals surface area contributed by atoms with E-state index in [9.17, 15) is 0 Å². The molecule has 1 heterocycles. The van der Waals surface area contributed by atoms with Crippen molar-refractivity contribution in [1.29, 1.82) is 0 Å². The van der Waals surface area contributed by atoms with Crippen molar-refractivity contribution in [2.75, 3.05) is 27.1 Å². The smallest absolute Gasteiger partial charge is 0.239 e. The van der Waals surface area contributed by atoms with Crippen molar-refractivity contribution in [2.24, 2.45) is 0 Å². The average Bonchev–Trinajstić information content (AvgIpc) is 2.83. The Morgan fingerprint density at radius 3 is 2.21 bits per heavy atom. The van der Waals surface area contributed by atoms with E-state index in [2.05, 4.69) is 10.1 Å². The number of aromatic nitrogens is 3. The van der Waals surface area contributed by atoms with Crippen LogP contribution in [0.5, 0.6) is 17.2 Å². The summed E-state index contributed by atoms with van der Waals surface area (Å²) in [6.45, 7) is 0.480. The minimum atomic E-state index is 0.236. The molecule has 0 aliphatic heterocycles. The van der Waals surface area contributed by atoms with Gasteiger partial charge in [0.2, 0.25) is 5.95 Å². The highest BCUT2D eigenvalue weighted by molar-refractivity contribution is 5.50. The van der Waals surface area contributed by atoms with Crippen molar-refractivity contribution < 1.29 is 14.2 Å². The van der Waals surface area contributed by atoms with Crippen molar-refractivity contribution in [2.45, 2.75) is 6.54 Å². The van der Waals surface area contributed by atoms with Gasteiger partial charge in [0.1, 0.15) is 12.1 Å². The standard InChI is InChI=1S/C12H16N4O3/c1-17-9-5-11(19-3)10(18-2)4-8(9)6-16-7-14-12(13)15-16/h4-5,7H,6H2,1-3H3,(H2,13,15). The lowest BCUT2D eigenvalue weighted by atomic mass is 10.1. The number of anilines is 1. The minimum absolute atomic E-state index is 0.236. The molecule has 0 saturated carbocycles. The van der Waals surface area contributed by atoms with Gasteiger partial charge in [0, 0.05) is 11.6 Å². The van der Waals surface area contributed by atoms with Gasteiger partial charge in [-0.3, -0.25) is 0 Å². The van der Waals surface area contributed by atoms with E-state index in [1.807, 2.05) is 6.07 Å². The van der Waals surface area contributed by atoms with Crippen LogP contribution in [0.25, 0.3) is 0 Å². The predicted molar refractivity (Wildman–Crippen MR) is 69.6 cm³/mol. The third kappa shape index (κ3) is 2.70. The number of nitrogens with zero attached hydrogens (tertiary/aromatic N) is 3. The lowest BCUT2D eigenvalue weighted by Gasteiger charge is -2.13.